The van der Waals surface area contributed by atoms with Crippen LogP contribution < -0.4 is 4.90 Å². The number of anilines is 1. The van der Waals surface area contributed by atoms with Crippen molar-refractivity contribution in [2.24, 2.45) is 0 Å². The Hall–Kier alpha value is -1.95. The second-order valence-corrected chi connectivity index (χ2v) is 4.57. The molecule has 1 aliphatic heterocycles. The third-order valence-electron chi connectivity index (χ3n) is 3.38. The monoisotopic (exact) mass is 264 g/mol. The van der Waals surface area contributed by atoms with E-state index in [1.54, 1.807) is 19.2 Å². The van der Waals surface area contributed by atoms with Crippen LogP contribution in [0, 0.1) is 10.1 Å². The zero-order valence-electron chi connectivity index (χ0n) is 10.7. The van der Waals surface area contributed by atoms with E-state index in [4.69, 9.17) is 4.74 Å². The fourth-order valence-electron chi connectivity index (χ4n) is 2.38. The number of piperidine rings is 1. The number of nitrogens with zero attached hydrogens (tertiary/aromatic N) is 2. The molecule has 0 spiro atoms. The van der Waals surface area contributed by atoms with Crippen molar-refractivity contribution in [3.8, 4) is 0 Å². The van der Waals surface area contributed by atoms with Gasteiger partial charge in [0.25, 0.3) is 5.69 Å². The minimum Gasteiger partial charge on any atom is -0.380 e. The quantitative estimate of drug-likeness (QED) is 0.472. The Morgan fingerprint density at radius 3 is 2.95 bits per heavy atom. The fraction of sp³-hybridized carbons (Fsp3) is 0.462. The number of carbonyl (C=O) groups is 1. The van der Waals surface area contributed by atoms with Crippen LogP contribution in [0.1, 0.15) is 23.2 Å². The Balaban J connectivity index is 2.32. The molecule has 102 valence electrons. The van der Waals surface area contributed by atoms with Gasteiger partial charge in [-0.15, -0.1) is 0 Å². The summed E-state index contributed by atoms with van der Waals surface area (Å²) in [7, 11) is 1.65. The van der Waals surface area contributed by atoms with Crippen LogP contribution in [0.15, 0.2) is 18.2 Å². The van der Waals surface area contributed by atoms with Crippen molar-refractivity contribution in [1.82, 2.24) is 0 Å². The lowest BCUT2D eigenvalue weighted by atomic mass is 10.1. The first-order valence-electron chi connectivity index (χ1n) is 6.17. The number of methoxy groups -OCH3 is 1. The van der Waals surface area contributed by atoms with Crippen LogP contribution in [0.5, 0.6) is 0 Å². The highest BCUT2D eigenvalue weighted by molar-refractivity contribution is 5.79. The molecule has 1 saturated heterocycles. The number of ether oxygens (including phenoxy) is 1. The third-order valence-corrected chi connectivity index (χ3v) is 3.38. The summed E-state index contributed by atoms with van der Waals surface area (Å²) in [5.41, 5.74) is 0.842. The number of hydrogen-bond acceptors (Lipinski definition) is 5. The molecule has 6 heteroatoms. The van der Waals surface area contributed by atoms with Crippen molar-refractivity contribution in [3.05, 3.63) is 33.9 Å². The number of nitro groups is 1. The molecule has 0 amide bonds. The van der Waals surface area contributed by atoms with E-state index in [0.29, 0.717) is 24.1 Å². The van der Waals surface area contributed by atoms with E-state index in [2.05, 4.69) is 0 Å². The molecule has 0 aliphatic carbocycles. The summed E-state index contributed by atoms with van der Waals surface area (Å²) in [5, 5.41) is 11.1. The highest BCUT2D eigenvalue weighted by Gasteiger charge is 2.25. The number of aldehydes is 1. The van der Waals surface area contributed by atoms with Gasteiger partial charge in [0.1, 0.15) is 12.0 Å². The summed E-state index contributed by atoms with van der Waals surface area (Å²) in [6.07, 6.45) is 2.61. The summed E-state index contributed by atoms with van der Waals surface area (Å²) in [6, 6.07) is 4.56. The molecular formula is C13H16N2O4. The van der Waals surface area contributed by atoms with Gasteiger partial charge in [-0.05, 0) is 25.0 Å². The molecule has 1 unspecified atom stereocenters. The van der Waals surface area contributed by atoms with Crippen molar-refractivity contribution >= 4 is 17.7 Å². The zero-order valence-corrected chi connectivity index (χ0v) is 10.7. The summed E-state index contributed by atoms with van der Waals surface area (Å²) in [4.78, 5) is 23.3. The van der Waals surface area contributed by atoms with Gasteiger partial charge in [0.05, 0.1) is 11.0 Å². The average molecular weight is 264 g/mol. The summed E-state index contributed by atoms with van der Waals surface area (Å²) >= 11 is 0. The van der Waals surface area contributed by atoms with Crippen molar-refractivity contribution in [3.63, 3.8) is 0 Å². The number of nitro benzene ring substituents is 1. The number of hydrogen-bond donors (Lipinski definition) is 0. The second kappa shape index (κ2) is 5.79. The molecule has 6 nitrogen and oxygen atoms in total. The minimum absolute atomic E-state index is 0.0265. The molecular weight excluding hydrogens is 248 g/mol. The van der Waals surface area contributed by atoms with Crippen LogP contribution in [0.3, 0.4) is 0 Å². The Kier molecular flexibility index (Phi) is 4.11. The molecule has 0 radical (unpaired) electrons. The number of rotatable bonds is 4. The van der Waals surface area contributed by atoms with Crippen LogP contribution in [0.4, 0.5) is 11.4 Å². The molecule has 2 rings (SSSR count). The highest BCUT2D eigenvalue weighted by Crippen LogP contribution is 2.31. The second-order valence-electron chi connectivity index (χ2n) is 4.57. The fourth-order valence-corrected chi connectivity index (χ4v) is 2.38. The van der Waals surface area contributed by atoms with Crippen molar-refractivity contribution < 1.29 is 14.5 Å². The predicted molar refractivity (Wildman–Crippen MR) is 70.7 cm³/mol. The minimum atomic E-state index is -0.446. The molecule has 0 N–H and O–H groups in total. The van der Waals surface area contributed by atoms with Gasteiger partial charge in [-0.2, -0.15) is 0 Å². The van der Waals surface area contributed by atoms with Crippen molar-refractivity contribution in [2.75, 3.05) is 25.1 Å². The van der Waals surface area contributed by atoms with E-state index in [0.717, 1.165) is 19.4 Å². The standard InChI is InChI=1S/C13H16N2O4/c1-19-11-3-2-6-14(8-11)12-5-4-10(9-16)7-13(12)15(17)18/h4-5,7,9,11H,2-3,6,8H2,1H3. The zero-order chi connectivity index (χ0) is 13.8. The summed E-state index contributed by atoms with van der Waals surface area (Å²) in [6.45, 7) is 1.40. The number of benzene rings is 1. The van der Waals surface area contributed by atoms with Gasteiger partial charge in [-0.1, -0.05) is 0 Å². The van der Waals surface area contributed by atoms with Crippen molar-refractivity contribution in [1.29, 1.82) is 0 Å². The first-order chi connectivity index (χ1) is 9.15. The smallest absolute Gasteiger partial charge is 0.293 e. The molecule has 1 fully saturated rings. The maximum Gasteiger partial charge on any atom is 0.293 e. The van der Waals surface area contributed by atoms with Crippen LogP contribution in [-0.4, -0.2) is 37.5 Å². The predicted octanol–water partition coefficient (Wildman–Crippen LogP) is 2.02. The lowest BCUT2D eigenvalue weighted by Crippen LogP contribution is -2.39. The Bertz CT molecular complexity index is 490. The molecule has 1 aliphatic rings. The molecule has 1 aromatic rings. The van der Waals surface area contributed by atoms with Crippen LogP contribution in [0.25, 0.3) is 0 Å². The van der Waals surface area contributed by atoms with Crippen LogP contribution >= 0.6 is 0 Å². The lowest BCUT2D eigenvalue weighted by molar-refractivity contribution is -0.384. The molecule has 0 saturated carbocycles. The number of carbonyl (C=O) groups excluding carboxylic acids is 1. The molecule has 0 bridgehead atoms. The maximum atomic E-state index is 11.1. The van der Waals surface area contributed by atoms with Gasteiger partial charge < -0.3 is 9.64 Å². The average Bonchev–Trinajstić information content (AvgIpc) is 2.46. The lowest BCUT2D eigenvalue weighted by Gasteiger charge is -2.33. The normalized spacial score (nSPS) is 19.2. The van der Waals surface area contributed by atoms with Gasteiger partial charge in [0, 0.05) is 31.8 Å². The topological polar surface area (TPSA) is 72.7 Å². The van der Waals surface area contributed by atoms with E-state index in [1.165, 1.54) is 6.07 Å². The summed E-state index contributed by atoms with van der Waals surface area (Å²) in [5.74, 6) is 0. The molecule has 19 heavy (non-hydrogen) atoms. The molecule has 1 heterocycles. The van der Waals surface area contributed by atoms with Crippen LogP contribution in [0.2, 0.25) is 0 Å². The van der Waals surface area contributed by atoms with E-state index in [9.17, 15) is 14.9 Å². The maximum absolute atomic E-state index is 11.1. The largest absolute Gasteiger partial charge is 0.380 e. The Morgan fingerprint density at radius 1 is 1.53 bits per heavy atom. The van der Waals surface area contributed by atoms with Gasteiger partial charge in [0.15, 0.2) is 0 Å². The summed E-state index contributed by atoms with van der Waals surface area (Å²) < 4.78 is 5.32. The third kappa shape index (κ3) is 2.90. The van der Waals surface area contributed by atoms with Gasteiger partial charge in [-0.3, -0.25) is 14.9 Å². The molecule has 1 atom stereocenters. The van der Waals surface area contributed by atoms with Gasteiger partial charge in [0.2, 0.25) is 0 Å². The Labute approximate surface area is 111 Å². The van der Waals surface area contributed by atoms with E-state index in [-0.39, 0.29) is 11.8 Å². The van der Waals surface area contributed by atoms with Crippen molar-refractivity contribution in [2.45, 2.75) is 18.9 Å². The van der Waals surface area contributed by atoms with Gasteiger partial charge >= 0.3 is 0 Å². The van der Waals surface area contributed by atoms with E-state index >= 15 is 0 Å². The first kappa shape index (κ1) is 13.5. The van der Waals surface area contributed by atoms with Gasteiger partial charge in [-0.25, -0.2) is 0 Å². The SMILES string of the molecule is COC1CCCN(c2ccc(C=O)cc2[N+](=O)[O-])C1. The first-order valence-corrected chi connectivity index (χ1v) is 6.17. The van der Waals surface area contributed by atoms with E-state index in [1.807, 2.05) is 4.90 Å². The molecule has 0 aromatic heterocycles. The Morgan fingerprint density at radius 2 is 2.32 bits per heavy atom. The van der Waals surface area contributed by atoms with E-state index < -0.39 is 4.92 Å². The molecule has 1 aromatic carbocycles. The highest BCUT2D eigenvalue weighted by atomic mass is 16.6. The van der Waals surface area contributed by atoms with Crippen LogP contribution in [-0.2, 0) is 4.74 Å².